The molecule has 0 amide bonds. The molecule has 0 N–H and O–H groups in total. The number of hydrogen-bond acceptors (Lipinski definition) is 2. The summed E-state index contributed by atoms with van der Waals surface area (Å²) in [7, 11) is 0. The Morgan fingerprint density at radius 1 is 0.646 bits per heavy atom. The molecule has 5 aromatic carbocycles. The van der Waals surface area contributed by atoms with Crippen molar-refractivity contribution in [2.24, 2.45) is 0 Å². The van der Waals surface area contributed by atoms with Crippen molar-refractivity contribution < 1.29 is 20.4 Å². The first kappa shape index (κ1) is 30.3. The minimum atomic E-state index is -0.660. The fourth-order valence-electron chi connectivity index (χ4n) is 7.51. The van der Waals surface area contributed by atoms with Crippen molar-refractivity contribution in [2.75, 3.05) is 0 Å². The Morgan fingerprint density at radius 3 is 2.04 bits per heavy atom. The first-order valence-corrected chi connectivity index (χ1v) is 16.1. The van der Waals surface area contributed by atoms with Crippen LogP contribution in [-0.4, -0.2) is 19.3 Å². The van der Waals surface area contributed by atoms with Gasteiger partial charge in [-0.2, -0.15) is 28.9 Å². The molecule has 0 radical (unpaired) electrons. The second-order valence-corrected chi connectivity index (χ2v) is 13.4. The number of aromatic nitrogens is 4. The molecule has 234 valence electrons. The van der Waals surface area contributed by atoms with E-state index in [0.29, 0.717) is 0 Å². The van der Waals surface area contributed by atoms with E-state index in [9.17, 15) is 0 Å². The summed E-state index contributed by atoms with van der Waals surface area (Å²) in [4.78, 5) is 5.09. The average Bonchev–Trinajstić information content (AvgIpc) is 3.83. The van der Waals surface area contributed by atoms with Gasteiger partial charge in [-0.05, 0) is 63.0 Å². The normalized spacial score (nSPS) is 13.3. The molecule has 0 unspecified atom stereocenters. The van der Waals surface area contributed by atoms with Crippen LogP contribution in [0.1, 0.15) is 48.7 Å². The van der Waals surface area contributed by atoms with E-state index in [1.165, 1.54) is 33.2 Å². The third-order valence-corrected chi connectivity index (χ3v) is 9.69. The Bertz CT molecular complexity index is 2400. The smallest absolute Gasteiger partial charge is 0.358 e. The summed E-state index contributed by atoms with van der Waals surface area (Å²) in [5.74, 6) is 0. The second kappa shape index (κ2) is 11.3. The molecule has 1 aliphatic carbocycles. The van der Waals surface area contributed by atoms with Crippen molar-refractivity contribution in [3.63, 3.8) is 0 Å². The molecule has 3 heterocycles. The summed E-state index contributed by atoms with van der Waals surface area (Å²) in [5, 5.41) is 6.83. The monoisotopic (exact) mass is 710 g/mol. The van der Waals surface area contributed by atoms with Crippen LogP contribution in [0.15, 0.2) is 140 Å². The van der Waals surface area contributed by atoms with Gasteiger partial charge in [0.05, 0.1) is 11.1 Å². The Kier molecular flexibility index (Phi) is 7.11. The molecule has 0 bridgehead atoms. The van der Waals surface area contributed by atoms with E-state index in [1.807, 2.05) is 29.2 Å². The van der Waals surface area contributed by atoms with E-state index >= 15 is 0 Å². The van der Waals surface area contributed by atoms with Gasteiger partial charge in [-0.15, -0.1) is 29.1 Å². The second-order valence-electron chi connectivity index (χ2n) is 13.4. The van der Waals surface area contributed by atoms with E-state index in [4.69, 9.17) is 4.98 Å². The molecule has 4 nitrogen and oxygen atoms in total. The third kappa shape index (κ3) is 4.39. The van der Waals surface area contributed by atoms with Crippen LogP contribution < -0.4 is 0 Å². The molecule has 0 atom stereocenters. The predicted molar refractivity (Wildman–Crippen MR) is 189 cm³/mol. The van der Waals surface area contributed by atoms with Crippen LogP contribution in [0.4, 0.5) is 0 Å². The first-order chi connectivity index (χ1) is 22.9. The van der Waals surface area contributed by atoms with Crippen LogP contribution in [0.25, 0.3) is 44.3 Å². The minimum absolute atomic E-state index is 0. The van der Waals surface area contributed by atoms with E-state index < -0.39 is 5.41 Å². The SMILES string of the molecule is CC(C)(C)c1cc(-n2c3[c-]c(-n4cccn4)ccc3c3ccccc32)[c-]c(C2(c3ccccn3)c3ccccc3-c3ccccc32)c1.[Pd+2]. The molecule has 0 aliphatic heterocycles. The van der Waals surface area contributed by atoms with Crippen LogP contribution in [0.2, 0.25) is 0 Å². The molecule has 1 aliphatic rings. The van der Waals surface area contributed by atoms with Gasteiger partial charge in [0.1, 0.15) is 0 Å². The first-order valence-electron chi connectivity index (χ1n) is 16.1. The van der Waals surface area contributed by atoms with Gasteiger partial charge in [-0.3, -0.25) is 9.67 Å². The molecule has 0 saturated heterocycles. The van der Waals surface area contributed by atoms with Gasteiger partial charge in [-0.1, -0.05) is 105 Å². The van der Waals surface area contributed by atoms with Crippen molar-refractivity contribution in [2.45, 2.75) is 31.6 Å². The Labute approximate surface area is 294 Å². The zero-order valence-electron chi connectivity index (χ0n) is 26.9. The van der Waals surface area contributed by atoms with Crippen molar-refractivity contribution in [3.8, 4) is 22.5 Å². The number of para-hydroxylation sites is 1. The topological polar surface area (TPSA) is 35.6 Å². The number of nitrogens with zero attached hydrogens (tertiary/aromatic N) is 4. The number of hydrogen-bond donors (Lipinski definition) is 0. The Hall–Kier alpha value is -5.08. The van der Waals surface area contributed by atoms with Gasteiger partial charge in [0.15, 0.2) is 0 Å². The molecule has 3 aromatic heterocycles. The molecule has 5 heteroatoms. The maximum Gasteiger partial charge on any atom is 2.00 e. The van der Waals surface area contributed by atoms with Crippen LogP contribution in [-0.2, 0) is 31.3 Å². The largest absolute Gasteiger partial charge is 2.00 e. The standard InChI is InChI=1S/C43H32N4.Pd/c1-42(2,3)29-25-30(43(41-19-10-11-22-44-41)37-16-7-4-13-33(37)34-14-5-8-17-38(34)43)27-32(26-29)47-39-18-9-6-15-35(39)36-21-20-31(28-40(36)47)46-24-12-23-45-46;/h4-26H,1-3H3;/q-2;+2. The summed E-state index contributed by atoms with van der Waals surface area (Å²) in [6, 6.07) is 51.1. The zero-order valence-corrected chi connectivity index (χ0v) is 28.4. The van der Waals surface area contributed by atoms with Gasteiger partial charge in [0.2, 0.25) is 0 Å². The summed E-state index contributed by atoms with van der Waals surface area (Å²) < 4.78 is 4.19. The number of pyridine rings is 1. The fourth-order valence-corrected chi connectivity index (χ4v) is 7.51. The van der Waals surface area contributed by atoms with Gasteiger partial charge in [0.25, 0.3) is 0 Å². The maximum absolute atomic E-state index is 5.09. The molecule has 0 spiro atoms. The predicted octanol–water partition coefficient (Wildman–Crippen LogP) is 9.62. The van der Waals surface area contributed by atoms with E-state index in [2.05, 4.69) is 152 Å². The number of benzene rings is 5. The maximum atomic E-state index is 5.09. The zero-order chi connectivity index (χ0) is 31.8. The van der Waals surface area contributed by atoms with Crippen LogP contribution >= 0.6 is 0 Å². The Balaban J connectivity index is 0.00000336. The van der Waals surface area contributed by atoms with Crippen molar-refractivity contribution >= 4 is 21.8 Å². The summed E-state index contributed by atoms with van der Waals surface area (Å²) >= 11 is 0. The molecule has 8 aromatic rings. The van der Waals surface area contributed by atoms with Gasteiger partial charge >= 0.3 is 20.4 Å². The number of rotatable bonds is 4. The van der Waals surface area contributed by atoms with E-state index in [1.54, 1.807) is 6.20 Å². The van der Waals surface area contributed by atoms with Crippen molar-refractivity contribution in [3.05, 3.63) is 180 Å². The molecule has 9 rings (SSSR count). The summed E-state index contributed by atoms with van der Waals surface area (Å²) in [6.07, 6.45) is 5.67. The van der Waals surface area contributed by atoms with Crippen LogP contribution in [0.3, 0.4) is 0 Å². The third-order valence-electron chi connectivity index (χ3n) is 9.69. The molecular formula is C43H32N4Pd. The summed E-state index contributed by atoms with van der Waals surface area (Å²) in [6.45, 7) is 6.86. The van der Waals surface area contributed by atoms with E-state index in [-0.39, 0.29) is 25.8 Å². The van der Waals surface area contributed by atoms with Crippen molar-refractivity contribution in [1.29, 1.82) is 0 Å². The van der Waals surface area contributed by atoms with Crippen molar-refractivity contribution in [1.82, 2.24) is 19.3 Å². The van der Waals surface area contributed by atoms with Gasteiger partial charge < -0.3 is 4.57 Å². The molecule has 0 fully saturated rings. The molecule has 0 saturated carbocycles. The molecular weight excluding hydrogens is 679 g/mol. The van der Waals surface area contributed by atoms with Crippen LogP contribution in [0.5, 0.6) is 0 Å². The fraction of sp³-hybridized carbons (Fsp3) is 0.116. The quantitative estimate of drug-likeness (QED) is 0.135. The van der Waals surface area contributed by atoms with Gasteiger partial charge in [-0.25, -0.2) is 0 Å². The Morgan fingerprint density at radius 2 is 1.35 bits per heavy atom. The number of fused-ring (bicyclic) bond motifs is 6. The van der Waals surface area contributed by atoms with Crippen LogP contribution in [0, 0.1) is 12.1 Å². The minimum Gasteiger partial charge on any atom is -0.358 e. The average molecular weight is 711 g/mol. The summed E-state index contributed by atoms with van der Waals surface area (Å²) in [5.41, 5.74) is 11.4. The molecule has 48 heavy (non-hydrogen) atoms. The van der Waals surface area contributed by atoms with E-state index in [0.717, 1.165) is 39.1 Å². The van der Waals surface area contributed by atoms with Gasteiger partial charge in [0, 0.05) is 24.1 Å².